The van der Waals surface area contributed by atoms with Gasteiger partial charge in [0.15, 0.2) is 0 Å². The van der Waals surface area contributed by atoms with E-state index in [1.54, 1.807) is 19.1 Å². The van der Waals surface area contributed by atoms with Crippen LogP contribution in [0.3, 0.4) is 0 Å². The van der Waals surface area contributed by atoms with Crippen molar-refractivity contribution in [2.45, 2.75) is 30.7 Å². The zero-order valence-corrected chi connectivity index (χ0v) is 12.5. The van der Waals surface area contributed by atoms with Gasteiger partial charge in [0.05, 0.1) is 5.69 Å². The number of hydrogen-bond donors (Lipinski definition) is 3. The second-order valence-corrected chi connectivity index (χ2v) is 6.67. The van der Waals surface area contributed by atoms with Crippen LogP contribution in [0, 0.1) is 0 Å². The summed E-state index contributed by atoms with van der Waals surface area (Å²) in [5.41, 5.74) is 5.89. The Morgan fingerprint density at radius 1 is 1.50 bits per heavy atom. The van der Waals surface area contributed by atoms with E-state index in [9.17, 15) is 8.42 Å². The Morgan fingerprint density at radius 3 is 2.72 bits per heavy atom. The van der Waals surface area contributed by atoms with Crippen LogP contribution in [0.2, 0.25) is 0 Å². The topological polar surface area (TPSA) is 92.4 Å². The number of nitrogens with one attached hydrogen (secondary N) is 1. The molecule has 102 valence electrons. The van der Waals surface area contributed by atoms with Crippen LogP contribution in [0.25, 0.3) is 0 Å². The Labute approximate surface area is 116 Å². The Kier molecular flexibility index (Phi) is 5.58. The van der Waals surface area contributed by atoms with Gasteiger partial charge in [-0.1, -0.05) is 15.9 Å². The molecular weight excluding hydrogens is 320 g/mol. The number of aliphatic hydroxyl groups excluding tert-OH is 1. The van der Waals surface area contributed by atoms with Gasteiger partial charge in [-0.2, -0.15) is 0 Å². The lowest BCUT2D eigenvalue weighted by atomic mass is 10.2. The molecule has 1 aromatic carbocycles. The molecule has 0 aromatic heterocycles. The zero-order chi connectivity index (χ0) is 13.8. The van der Waals surface area contributed by atoms with E-state index in [-0.39, 0.29) is 23.2 Å². The lowest BCUT2D eigenvalue weighted by Crippen LogP contribution is -2.33. The van der Waals surface area contributed by atoms with Gasteiger partial charge in [-0.3, -0.25) is 0 Å². The Balaban J connectivity index is 2.86. The summed E-state index contributed by atoms with van der Waals surface area (Å²) in [7, 11) is -3.61. The molecule has 1 aromatic rings. The molecule has 1 atom stereocenters. The molecule has 5 nitrogen and oxygen atoms in total. The normalized spacial score (nSPS) is 13.5. The molecule has 0 saturated heterocycles. The molecule has 0 radical (unpaired) electrons. The molecule has 0 heterocycles. The molecule has 0 bridgehead atoms. The number of sulfonamides is 1. The third-order valence-corrected chi connectivity index (χ3v) is 4.57. The largest absolute Gasteiger partial charge is 0.398 e. The van der Waals surface area contributed by atoms with Crippen LogP contribution in [0.4, 0.5) is 5.69 Å². The summed E-state index contributed by atoms with van der Waals surface area (Å²) in [5.74, 6) is 0. The first-order chi connectivity index (χ1) is 8.36. The molecule has 0 aliphatic heterocycles. The summed E-state index contributed by atoms with van der Waals surface area (Å²) in [6.07, 6.45) is 1.13. The minimum absolute atomic E-state index is 0.0481. The number of anilines is 1. The van der Waals surface area contributed by atoms with Crippen molar-refractivity contribution in [3.63, 3.8) is 0 Å². The molecule has 18 heavy (non-hydrogen) atoms. The first kappa shape index (κ1) is 15.4. The first-order valence-corrected chi connectivity index (χ1v) is 7.82. The number of hydrogen-bond acceptors (Lipinski definition) is 4. The molecule has 0 amide bonds. The maximum Gasteiger partial charge on any atom is 0.242 e. The molecular formula is C11H17BrN2O3S. The van der Waals surface area contributed by atoms with Crippen molar-refractivity contribution in [1.82, 2.24) is 4.72 Å². The van der Waals surface area contributed by atoms with E-state index < -0.39 is 10.0 Å². The number of benzene rings is 1. The molecule has 0 aliphatic rings. The summed E-state index contributed by atoms with van der Waals surface area (Å²) in [6.45, 7) is 1.80. The predicted molar refractivity (Wildman–Crippen MR) is 74.7 cm³/mol. The van der Waals surface area contributed by atoms with E-state index in [1.807, 2.05) is 0 Å². The van der Waals surface area contributed by atoms with Gasteiger partial charge in [0, 0.05) is 17.1 Å². The fraction of sp³-hybridized carbons (Fsp3) is 0.455. The number of halogens is 1. The van der Waals surface area contributed by atoms with Crippen molar-refractivity contribution in [2.24, 2.45) is 0 Å². The van der Waals surface area contributed by atoms with Gasteiger partial charge >= 0.3 is 0 Å². The molecule has 0 aliphatic carbocycles. The van der Waals surface area contributed by atoms with Gasteiger partial charge in [-0.15, -0.1) is 0 Å². The highest BCUT2D eigenvalue weighted by atomic mass is 79.9. The van der Waals surface area contributed by atoms with Crippen molar-refractivity contribution in [1.29, 1.82) is 0 Å². The maximum absolute atomic E-state index is 12.1. The molecule has 0 saturated carbocycles. The summed E-state index contributed by atoms with van der Waals surface area (Å²) < 4.78 is 27.4. The third-order valence-electron chi connectivity index (χ3n) is 2.41. The van der Waals surface area contributed by atoms with Gasteiger partial charge in [-0.05, 0) is 38.0 Å². The zero-order valence-electron chi connectivity index (χ0n) is 10.1. The minimum atomic E-state index is -3.61. The fourth-order valence-corrected chi connectivity index (χ4v) is 3.32. The van der Waals surface area contributed by atoms with Crippen molar-refractivity contribution in [3.05, 3.63) is 22.7 Å². The number of aliphatic hydroxyl groups is 1. The average molecular weight is 337 g/mol. The minimum Gasteiger partial charge on any atom is -0.398 e. The third kappa shape index (κ3) is 4.24. The van der Waals surface area contributed by atoms with Crippen LogP contribution in [0.15, 0.2) is 27.6 Å². The van der Waals surface area contributed by atoms with E-state index in [2.05, 4.69) is 20.7 Å². The van der Waals surface area contributed by atoms with E-state index in [0.717, 1.165) is 4.47 Å². The van der Waals surface area contributed by atoms with Gasteiger partial charge in [0.25, 0.3) is 0 Å². The predicted octanol–water partition coefficient (Wildman–Crippen LogP) is 1.47. The second-order valence-electron chi connectivity index (χ2n) is 4.07. The highest BCUT2D eigenvalue weighted by Crippen LogP contribution is 2.22. The highest BCUT2D eigenvalue weighted by Gasteiger charge is 2.19. The SMILES string of the molecule is CC(CCCO)NS(=O)(=O)c1ccc(Br)cc1N. The van der Waals surface area contributed by atoms with Gasteiger partial charge in [-0.25, -0.2) is 13.1 Å². The molecule has 1 unspecified atom stereocenters. The monoisotopic (exact) mass is 336 g/mol. The van der Waals surface area contributed by atoms with Crippen LogP contribution in [-0.2, 0) is 10.0 Å². The number of rotatable bonds is 6. The van der Waals surface area contributed by atoms with Gasteiger partial charge in [0.1, 0.15) is 4.90 Å². The Hall–Kier alpha value is -0.630. The van der Waals surface area contributed by atoms with Crippen molar-refractivity contribution in [2.75, 3.05) is 12.3 Å². The fourth-order valence-electron chi connectivity index (χ4n) is 1.55. The Morgan fingerprint density at radius 2 is 2.17 bits per heavy atom. The maximum atomic E-state index is 12.1. The second kappa shape index (κ2) is 6.51. The quantitative estimate of drug-likeness (QED) is 0.686. The first-order valence-electron chi connectivity index (χ1n) is 5.55. The van der Waals surface area contributed by atoms with Crippen molar-refractivity contribution in [3.8, 4) is 0 Å². The standard InChI is InChI=1S/C11H17BrN2O3S/c1-8(3-2-6-15)14-18(16,17)11-5-4-9(12)7-10(11)13/h4-5,7-8,14-15H,2-3,6,13H2,1H3. The lowest BCUT2D eigenvalue weighted by molar-refractivity contribution is 0.279. The number of nitrogen functional groups attached to an aromatic ring is 1. The molecule has 0 spiro atoms. The lowest BCUT2D eigenvalue weighted by Gasteiger charge is -2.14. The van der Waals surface area contributed by atoms with E-state index in [4.69, 9.17) is 10.8 Å². The summed E-state index contributed by atoms with van der Waals surface area (Å²) in [6, 6.07) is 4.39. The summed E-state index contributed by atoms with van der Waals surface area (Å²) in [4.78, 5) is 0.0709. The molecule has 1 rings (SSSR count). The van der Waals surface area contributed by atoms with E-state index in [0.29, 0.717) is 12.8 Å². The summed E-state index contributed by atoms with van der Waals surface area (Å²) >= 11 is 3.23. The van der Waals surface area contributed by atoms with Gasteiger partial charge < -0.3 is 10.8 Å². The van der Waals surface area contributed by atoms with Crippen molar-refractivity contribution >= 4 is 31.6 Å². The van der Waals surface area contributed by atoms with Crippen LogP contribution < -0.4 is 10.5 Å². The molecule has 4 N–H and O–H groups in total. The van der Waals surface area contributed by atoms with Crippen LogP contribution in [0.1, 0.15) is 19.8 Å². The van der Waals surface area contributed by atoms with E-state index >= 15 is 0 Å². The molecule has 0 fully saturated rings. The van der Waals surface area contributed by atoms with Gasteiger partial charge in [0.2, 0.25) is 10.0 Å². The van der Waals surface area contributed by atoms with Crippen molar-refractivity contribution < 1.29 is 13.5 Å². The van der Waals surface area contributed by atoms with Crippen LogP contribution in [-0.4, -0.2) is 26.2 Å². The van der Waals surface area contributed by atoms with E-state index in [1.165, 1.54) is 6.07 Å². The summed E-state index contributed by atoms with van der Waals surface area (Å²) in [5, 5.41) is 8.70. The Bertz CT molecular complexity index is 505. The average Bonchev–Trinajstić information content (AvgIpc) is 2.25. The smallest absolute Gasteiger partial charge is 0.242 e. The van der Waals surface area contributed by atoms with Crippen LogP contribution >= 0.6 is 15.9 Å². The number of nitrogens with two attached hydrogens (primary N) is 1. The van der Waals surface area contributed by atoms with Crippen LogP contribution in [0.5, 0.6) is 0 Å². The molecule has 7 heteroatoms. The highest BCUT2D eigenvalue weighted by molar-refractivity contribution is 9.10.